The predicted molar refractivity (Wildman–Crippen MR) is 114 cm³/mol. The molecule has 0 aliphatic carbocycles. The second kappa shape index (κ2) is 7.94. The third kappa shape index (κ3) is 3.82. The average molecular weight is 441 g/mol. The van der Waals surface area contributed by atoms with Crippen LogP contribution in [-0.2, 0) is 25.4 Å². The number of carbonyl (C=O) groups excluding carboxylic acids is 2. The van der Waals surface area contributed by atoms with Crippen molar-refractivity contribution < 1.29 is 22.4 Å². The Bertz CT molecular complexity index is 1230. The first-order chi connectivity index (χ1) is 14.4. The molecule has 1 aliphatic rings. The first-order valence-electron chi connectivity index (χ1n) is 8.83. The zero-order valence-electron chi connectivity index (χ0n) is 15.5. The van der Waals surface area contributed by atoms with Crippen LogP contribution in [0.15, 0.2) is 87.2 Å². The monoisotopic (exact) mass is 440 g/mol. The molecule has 1 aliphatic heterocycles. The number of nitrogens with zero attached hydrogens (tertiary/aromatic N) is 1. The highest BCUT2D eigenvalue weighted by atomic mass is 32.2. The van der Waals surface area contributed by atoms with Crippen molar-refractivity contribution in [3.63, 3.8) is 0 Å². The van der Waals surface area contributed by atoms with Crippen LogP contribution in [0.25, 0.3) is 5.57 Å². The Morgan fingerprint density at radius 2 is 1.60 bits per heavy atom. The van der Waals surface area contributed by atoms with Crippen LogP contribution in [-0.4, -0.2) is 20.2 Å². The van der Waals surface area contributed by atoms with Crippen LogP contribution >= 0.6 is 11.8 Å². The van der Waals surface area contributed by atoms with E-state index in [0.29, 0.717) is 27.6 Å². The lowest BCUT2D eigenvalue weighted by Crippen LogP contribution is -2.31. The summed E-state index contributed by atoms with van der Waals surface area (Å²) >= 11 is 1.22. The van der Waals surface area contributed by atoms with Crippen molar-refractivity contribution in [1.82, 2.24) is 0 Å². The number of thioether (sulfide) groups is 1. The molecule has 2 amide bonds. The lowest BCUT2D eigenvalue weighted by Gasteiger charge is -2.15. The second-order valence-electron chi connectivity index (χ2n) is 6.42. The number of benzene rings is 2. The van der Waals surface area contributed by atoms with E-state index in [1.807, 2.05) is 6.07 Å². The zero-order chi connectivity index (χ0) is 21.3. The molecule has 7 nitrogen and oxygen atoms in total. The van der Waals surface area contributed by atoms with Crippen molar-refractivity contribution in [2.75, 3.05) is 4.90 Å². The molecule has 2 N–H and O–H groups in total. The number of hydrogen-bond acceptors (Lipinski definition) is 6. The largest absolute Gasteiger partial charge is 0.468 e. The van der Waals surface area contributed by atoms with Gasteiger partial charge in [0.2, 0.25) is 10.0 Å². The van der Waals surface area contributed by atoms with Gasteiger partial charge in [-0.3, -0.25) is 9.59 Å². The summed E-state index contributed by atoms with van der Waals surface area (Å²) in [4.78, 5) is 27.7. The van der Waals surface area contributed by atoms with Crippen molar-refractivity contribution in [3.8, 4) is 0 Å². The van der Waals surface area contributed by atoms with E-state index >= 15 is 0 Å². The van der Waals surface area contributed by atoms with Crippen LogP contribution in [0, 0.1) is 0 Å². The lowest BCUT2D eigenvalue weighted by molar-refractivity contribution is -0.119. The number of sulfonamides is 1. The maximum Gasteiger partial charge on any atom is 0.272 e. The van der Waals surface area contributed by atoms with Gasteiger partial charge in [-0.1, -0.05) is 30.3 Å². The topological polar surface area (TPSA) is 111 Å². The number of carbonyl (C=O) groups is 2. The molecule has 0 radical (unpaired) electrons. The number of hydrogen-bond donors (Lipinski definition) is 1. The summed E-state index contributed by atoms with van der Waals surface area (Å²) in [6.07, 6.45) is 1.54. The van der Waals surface area contributed by atoms with Crippen LogP contribution in [0.4, 0.5) is 5.69 Å². The van der Waals surface area contributed by atoms with Gasteiger partial charge in [0.05, 0.1) is 33.1 Å². The highest BCUT2D eigenvalue weighted by Crippen LogP contribution is 2.39. The maximum absolute atomic E-state index is 13.2. The average Bonchev–Trinajstić information content (AvgIpc) is 3.32. The van der Waals surface area contributed by atoms with Gasteiger partial charge in [0, 0.05) is 0 Å². The van der Waals surface area contributed by atoms with E-state index < -0.39 is 21.8 Å². The van der Waals surface area contributed by atoms with E-state index in [4.69, 9.17) is 9.56 Å². The first kappa shape index (κ1) is 20.1. The molecule has 30 heavy (non-hydrogen) atoms. The summed E-state index contributed by atoms with van der Waals surface area (Å²) in [7, 11) is -3.88. The number of amides is 2. The minimum Gasteiger partial charge on any atom is -0.468 e. The van der Waals surface area contributed by atoms with Crippen molar-refractivity contribution in [2.24, 2.45) is 5.14 Å². The summed E-state index contributed by atoms with van der Waals surface area (Å²) in [5.74, 6) is 0.113. The van der Waals surface area contributed by atoms with Crippen LogP contribution < -0.4 is 10.0 Å². The van der Waals surface area contributed by atoms with E-state index in [-0.39, 0.29) is 10.6 Å². The molecule has 0 fully saturated rings. The van der Waals surface area contributed by atoms with Crippen LogP contribution in [0.3, 0.4) is 0 Å². The summed E-state index contributed by atoms with van der Waals surface area (Å²) in [5.41, 5.74) is 1.19. The number of rotatable bonds is 6. The Kier molecular flexibility index (Phi) is 5.33. The van der Waals surface area contributed by atoms with E-state index in [1.54, 1.807) is 42.7 Å². The number of furan rings is 1. The highest BCUT2D eigenvalue weighted by molar-refractivity contribution is 8.03. The molecule has 0 unspecified atom stereocenters. The Labute approximate surface area is 177 Å². The van der Waals surface area contributed by atoms with Crippen molar-refractivity contribution >= 4 is 44.9 Å². The van der Waals surface area contributed by atoms with Crippen LogP contribution in [0.1, 0.15) is 11.3 Å². The molecule has 0 atom stereocenters. The Balaban J connectivity index is 1.72. The van der Waals surface area contributed by atoms with Crippen LogP contribution in [0.5, 0.6) is 0 Å². The summed E-state index contributed by atoms with van der Waals surface area (Å²) in [6.45, 7) is 0. The van der Waals surface area contributed by atoms with Crippen molar-refractivity contribution in [3.05, 3.63) is 89.2 Å². The Morgan fingerprint density at radius 1 is 0.900 bits per heavy atom. The van der Waals surface area contributed by atoms with Gasteiger partial charge >= 0.3 is 0 Å². The van der Waals surface area contributed by atoms with Crippen molar-refractivity contribution in [1.29, 1.82) is 0 Å². The summed E-state index contributed by atoms with van der Waals surface area (Å²) < 4.78 is 28.3. The lowest BCUT2D eigenvalue weighted by atomic mass is 10.1. The van der Waals surface area contributed by atoms with E-state index in [0.717, 1.165) is 4.90 Å². The normalized spacial score (nSPS) is 14.6. The standard InChI is InChI=1S/C21H16N2O5S2/c22-30(26,27)17-10-8-15(9-11-17)23-20(24)18(14-5-2-1-3-6-14)19(21(23)25)29-13-16-7-4-12-28-16/h1-12H,13H2,(H2,22,26,27). The molecule has 9 heteroatoms. The summed E-state index contributed by atoms with van der Waals surface area (Å²) in [6, 6.07) is 17.8. The third-order valence-corrected chi connectivity index (χ3v) is 6.49. The zero-order valence-corrected chi connectivity index (χ0v) is 17.2. The van der Waals surface area contributed by atoms with Gasteiger partial charge in [-0.05, 0) is 42.0 Å². The van der Waals surface area contributed by atoms with Gasteiger partial charge in [-0.15, -0.1) is 11.8 Å². The first-order valence-corrected chi connectivity index (χ1v) is 11.4. The van der Waals surface area contributed by atoms with Gasteiger partial charge in [-0.25, -0.2) is 18.5 Å². The summed E-state index contributed by atoms with van der Waals surface area (Å²) in [5, 5.41) is 5.13. The van der Waals surface area contributed by atoms with Gasteiger partial charge in [0.25, 0.3) is 11.8 Å². The van der Waals surface area contributed by atoms with Gasteiger partial charge in [0.1, 0.15) is 5.76 Å². The molecule has 2 aromatic carbocycles. The molecule has 2 heterocycles. The molecule has 4 rings (SSSR count). The SMILES string of the molecule is NS(=O)(=O)c1ccc(N2C(=O)C(SCc3ccco3)=C(c3ccccc3)C2=O)cc1. The Morgan fingerprint density at radius 3 is 2.20 bits per heavy atom. The number of nitrogens with two attached hydrogens (primary N) is 1. The Hall–Kier alpha value is -3.14. The van der Waals surface area contributed by atoms with Gasteiger partial charge in [-0.2, -0.15) is 0 Å². The van der Waals surface area contributed by atoms with Gasteiger partial charge in [0.15, 0.2) is 0 Å². The quantitative estimate of drug-likeness (QED) is 0.590. The molecule has 152 valence electrons. The smallest absolute Gasteiger partial charge is 0.272 e. The third-order valence-electron chi connectivity index (χ3n) is 4.47. The minimum atomic E-state index is -3.88. The highest BCUT2D eigenvalue weighted by Gasteiger charge is 2.40. The fraction of sp³-hybridized carbons (Fsp3) is 0.0476. The number of anilines is 1. The molecule has 0 spiro atoms. The fourth-order valence-corrected chi connectivity index (χ4v) is 4.59. The fourth-order valence-electron chi connectivity index (χ4n) is 3.06. The molecular formula is C21H16N2O5S2. The maximum atomic E-state index is 13.2. The van der Waals surface area contributed by atoms with Crippen LogP contribution in [0.2, 0.25) is 0 Å². The minimum absolute atomic E-state index is 0.103. The molecule has 0 saturated heterocycles. The molecule has 3 aromatic rings. The molecule has 0 bridgehead atoms. The van der Waals surface area contributed by atoms with E-state index in [1.165, 1.54) is 36.0 Å². The van der Waals surface area contributed by atoms with Gasteiger partial charge < -0.3 is 4.42 Å². The second-order valence-corrected chi connectivity index (χ2v) is 8.97. The van der Waals surface area contributed by atoms with E-state index in [9.17, 15) is 18.0 Å². The number of imide groups is 1. The van der Waals surface area contributed by atoms with E-state index in [2.05, 4.69) is 0 Å². The molecule has 0 saturated carbocycles. The van der Waals surface area contributed by atoms with Crippen molar-refractivity contribution in [2.45, 2.75) is 10.6 Å². The molecule has 1 aromatic heterocycles. The molecular weight excluding hydrogens is 424 g/mol. The number of primary sulfonamides is 1. The predicted octanol–water partition coefficient (Wildman–Crippen LogP) is 3.14.